The molecule has 0 amide bonds. The molecule has 0 saturated carbocycles. The monoisotopic (exact) mass is 783 g/mol. The molecule has 1 aromatic heterocycles. The Morgan fingerprint density at radius 1 is 1.14 bits per heavy atom. The normalized spacial score (nSPS) is 17.7. The van der Waals surface area contributed by atoms with Gasteiger partial charge in [0.05, 0.1) is 42.4 Å². The van der Waals surface area contributed by atoms with Crippen molar-refractivity contribution in [2.75, 3.05) is 44.9 Å². The number of hydrogen-bond acceptors (Lipinski definition) is 9. The van der Waals surface area contributed by atoms with Crippen molar-refractivity contribution in [2.24, 2.45) is 21.1 Å². The first-order valence-corrected chi connectivity index (χ1v) is 20.9. The molecule has 1 aliphatic heterocycles. The lowest BCUT2D eigenvalue weighted by Gasteiger charge is -2.33. The van der Waals surface area contributed by atoms with E-state index in [1.807, 2.05) is 13.0 Å². The maximum atomic E-state index is 13.9. The maximum Gasteiger partial charge on any atom is 0.318 e. The number of aromatic hydroxyl groups is 1. The Kier molecular flexibility index (Phi) is 16.8. The van der Waals surface area contributed by atoms with Crippen LogP contribution >= 0.6 is 0 Å². The predicted octanol–water partition coefficient (Wildman–Crippen LogP) is 10.7. The number of aromatic nitrogens is 2. The number of phenols is 1. The number of rotatable bonds is 19. The van der Waals surface area contributed by atoms with Gasteiger partial charge in [0.25, 0.3) is 0 Å². The van der Waals surface area contributed by atoms with Gasteiger partial charge in [0.15, 0.2) is 0 Å². The topological polar surface area (TPSA) is 118 Å². The zero-order chi connectivity index (χ0) is 41.7. The van der Waals surface area contributed by atoms with Gasteiger partial charge in [-0.2, -0.15) is 9.97 Å². The number of unbranched alkanes of at least 4 members (excludes halogenated alkanes) is 3. The average molecular weight is 783 g/mol. The summed E-state index contributed by atoms with van der Waals surface area (Å²) >= 11 is 0. The van der Waals surface area contributed by atoms with Gasteiger partial charge in [0.1, 0.15) is 17.4 Å². The van der Waals surface area contributed by atoms with Crippen molar-refractivity contribution < 1.29 is 19.0 Å². The summed E-state index contributed by atoms with van der Waals surface area (Å²) in [6.07, 6.45) is 16.3. The molecule has 1 atom stereocenters. The summed E-state index contributed by atoms with van der Waals surface area (Å²) in [6, 6.07) is 3.73. The first-order chi connectivity index (χ1) is 27.3. The standard InChI is InChI=1S/C47H67FN6O3/c1-11-15-17-22-47(9,21-16-12-2)30-57-46-52-43-33(8)41(40-27-37(55)25-34(38(40)13-3)20-19-32(7)48)44(51-31(5)6)39(14-4)42(43)45(53-46)54-24-18-23-50-36(28-54)26-35(49)29-56-10/h14,19-20,25-27,31,55H,7,11-13,15-18,21-24,28-30,49H2,1-6,8-10H3/b20-19-,35-26-,39-14-,51-44?. The first kappa shape index (κ1) is 45.1. The van der Waals surface area contributed by atoms with Crippen LogP contribution in [-0.4, -0.2) is 72.5 Å². The highest BCUT2D eigenvalue weighted by atomic mass is 19.1. The molecule has 1 aromatic carbocycles. The molecule has 2 aromatic rings. The van der Waals surface area contributed by atoms with E-state index in [1.165, 1.54) is 18.9 Å². The number of methoxy groups -OCH3 is 1. The third-order valence-corrected chi connectivity index (χ3v) is 10.7. The summed E-state index contributed by atoms with van der Waals surface area (Å²) in [5, 5.41) is 11.2. The number of anilines is 1. The van der Waals surface area contributed by atoms with Crippen molar-refractivity contribution in [3.63, 3.8) is 0 Å². The van der Waals surface area contributed by atoms with Gasteiger partial charge in [-0.3, -0.25) is 9.98 Å². The second-order valence-electron chi connectivity index (χ2n) is 16.0. The second kappa shape index (κ2) is 21.3. The molecule has 0 radical (unpaired) electrons. The van der Waals surface area contributed by atoms with Crippen molar-refractivity contribution in [2.45, 2.75) is 119 Å². The Bertz CT molecular complexity index is 1920. The first-order valence-electron chi connectivity index (χ1n) is 20.9. The molecule has 0 fully saturated rings. The molecule has 0 saturated heterocycles. The van der Waals surface area contributed by atoms with Gasteiger partial charge in [-0.15, -0.1) is 0 Å². The van der Waals surface area contributed by atoms with Gasteiger partial charge in [0, 0.05) is 48.5 Å². The molecule has 2 heterocycles. The van der Waals surface area contributed by atoms with Gasteiger partial charge >= 0.3 is 6.01 Å². The van der Waals surface area contributed by atoms with Crippen LogP contribution in [0.3, 0.4) is 0 Å². The summed E-state index contributed by atoms with van der Waals surface area (Å²) in [5.74, 6) is 0.264. The van der Waals surface area contributed by atoms with E-state index in [2.05, 4.69) is 66.0 Å². The Morgan fingerprint density at radius 3 is 2.53 bits per heavy atom. The zero-order valence-electron chi connectivity index (χ0n) is 36.1. The van der Waals surface area contributed by atoms with E-state index in [0.29, 0.717) is 56.5 Å². The lowest BCUT2D eigenvalue weighted by molar-refractivity contribution is 0.126. The van der Waals surface area contributed by atoms with Crippen LogP contribution in [0.15, 0.2) is 58.4 Å². The minimum absolute atomic E-state index is 0.0231. The summed E-state index contributed by atoms with van der Waals surface area (Å²) < 4.78 is 26.0. The molecule has 9 nitrogen and oxygen atoms in total. The number of phenolic OH excluding ortho intramolecular Hbond substituents is 1. The lowest BCUT2D eigenvalue weighted by atomic mass is 9.78. The fraction of sp³-hybridized carbons (Fsp3) is 0.532. The molecule has 310 valence electrons. The van der Waals surface area contributed by atoms with Crippen LogP contribution in [0.1, 0.15) is 135 Å². The number of aliphatic imine (C=N–C) groups is 2. The number of hydrogen-bond donors (Lipinski definition) is 2. The number of halogens is 1. The number of nitrogens with zero attached hydrogens (tertiary/aromatic N) is 5. The van der Waals surface area contributed by atoms with Crippen molar-refractivity contribution >= 4 is 40.0 Å². The highest BCUT2D eigenvalue weighted by molar-refractivity contribution is 6.51. The number of benzene rings is 1. The average Bonchev–Trinajstić information content (AvgIpc) is 3.40. The summed E-state index contributed by atoms with van der Waals surface area (Å²) in [6.45, 7) is 23.2. The van der Waals surface area contributed by atoms with Crippen molar-refractivity contribution in [1.29, 1.82) is 0 Å². The number of nitrogens with two attached hydrogens (primary N) is 1. The smallest absolute Gasteiger partial charge is 0.318 e. The van der Waals surface area contributed by atoms with Crippen LogP contribution in [-0.2, 0) is 11.2 Å². The van der Waals surface area contributed by atoms with Crippen LogP contribution in [0.5, 0.6) is 11.8 Å². The van der Waals surface area contributed by atoms with E-state index in [-0.39, 0.29) is 17.2 Å². The van der Waals surface area contributed by atoms with Gasteiger partial charge in [-0.1, -0.05) is 78.5 Å². The molecule has 3 N–H and O–H groups in total. The SMILES string of the molecule is C=C(F)/C=C\c1cc(O)cc(C2=C(C)c3nc(OCC(C)(CCCC)CCCCC)nc(N4CCCN=C(/C=C(\N)COC)C4)c3/C(=C/C)C2=NC(C)C)c1CC. The van der Waals surface area contributed by atoms with Crippen molar-refractivity contribution in [3.05, 3.63) is 76.4 Å². The van der Waals surface area contributed by atoms with Gasteiger partial charge in [-0.25, -0.2) is 4.39 Å². The molecule has 0 spiro atoms. The van der Waals surface area contributed by atoms with E-state index in [4.69, 9.17) is 35.2 Å². The lowest BCUT2D eigenvalue weighted by Crippen LogP contribution is -2.33. The van der Waals surface area contributed by atoms with E-state index in [1.54, 1.807) is 25.3 Å². The third kappa shape index (κ3) is 11.7. The Hall–Kier alpha value is -4.57. The zero-order valence-corrected chi connectivity index (χ0v) is 36.1. The molecule has 57 heavy (non-hydrogen) atoms. The molecule has 1 aliphatic carbocycles. The van der Waals surface area contributed by atoms with Crippen LogP contribution in [0, 0.1) is 5.41 Å². The van der Waals surface area contributed by atoms with E-state index in [9.17, 15) is 9.50 Å². The quantitative estimate of drug-likeness (QED) is 0.108. The molecular weight excluding hydrogens is 716 g/mol. The highest BCUT2D eigenvalue weighted by Gasteiger charge is 2.35. The van der Waals surface area contributed by atoms with Crippen LogP contribution < -0.4 is 15.4 Å². The number of fused-ring (bicyclic) bond motifs is 1. The predicted molar refractivity (Wildman–Crippen MR) is 238 cm³/mol. The minimum Gasteiger partial charge on any atom is -0.508 e. The Morgan fingerprint density at radius 2 is 1.88 bits per heavy atom. The number of ether oxygens (including phenoxy) is 2. The second-order valence-corrected chi connectivity index (χ2v) is 16.0. The summed E-state index contributed by atoms with van der Waals surface area (Å²) in [4.78, 5) is 23.0. The van der Waals surface area contributed by atoms with Gasteiger partial charge in [0.2, 0.25) is 0 Å². The third-order valence-electron chi connectivity index (χ3n) is 10.7. The Labute approximate surface area is 341 Å². The summed E-state index contributed by atoms with van der Waals surface area (Å²) in [7, 11) is 1.63. The molecule has 1 unspecified atom stereocenters. The van der Waals surface area contributed by atoms with E-state index in [0.717, 1.165) is 94.9 Å². The molecule has 2 aliphatic rings. The molecule has 10 heteroatoms. The number of allylic oxidation sites excluding steroid dienone is 6. The highest BCUT2D eigenvalue weighted by Crippen LogP contribution is 2.46. The van der Waals surface area contributed by atoms with Crippen molar-refractivity contribution in [1.82, 2.24) is 9.97 Å². The van der Waals surface area contributed by atoms with E-state index < -0.39 is 5.83 Å². The van der Waals surface area contributed by atoms with Crippen LogP contribution in [0.2, 0.25) is 0 Å². The molecule has 0 bridgehead atoms. The summed E-state index contributed by atoms with van der Waals surface area (Å²) in [5.41, 5.74) is 15.3. The fourth-order valence-corrected chi connectivity index (χ4v) is 7.84. The fourth-order valence-electron chi connectivity index (χ4n) is 7.84. The minimum atomic E-state index is -0.561. The van der Waals surface area contributed by atoms with Crippen LogP contribution in [0.25, 0.3) is 22.8 Å². The van der Waals surface area contributed by atoms with E-state index >= 15 is 0 Å². The van der Waals surface area contributed by atoms with Gasteiger partial charge < -0.3 is 25.2 Å². The van der Waals surface area contributed by atoms with Crippen molar-refractivity contribution in [3.8, 4) is 11.8 Å². The largest absolute Gasteiger partial charge is 0.508 e. The Balaban J connectivity index is 2.05. The molecular formula is C47H67FN6O3. The van der Waals surface area contributed by atoms with Gasteiger partial charge in [-0.05, 0) is 99.9 Å². The van der Waals surface area contributed by atoms with Crippen LogP contribution in [0.4, 0.5) is 10.2 Å². The molecule has 4 rings (SSSR count). The maximum absolute atomic E-state index is 13.9.